The summed E-state index contributed by atoms with van der Waals surface area (Å²) >= 11 is 4.54. The van der Waals surface area contributed by atoms with E-state index in [-0.39, 0.29) is 11.5 Å². The van der Waals surface area contributed by atoms with Crippen LogP contribution in [-0.2, 0) is 16.6 Å². The van der Waals surface area contributed by atoms with Crippen molar-refractivity contribution in [3.63, 3.8) is 0 Å². The van der Waals surface area contributed by atoms with Crippen molar-refractivity contribution in [3.8, 4) is 0 Å². The Morgan fingerprint density at radius 1 is 1.37 bits per heavy atom. The SMILES string of the molecule is Cc1ccc(NS(=O)(=O)c2ccsc2CO)c(Br)c1. The number of nitrogens with one attached hydrogen (secondary N) is 1. The molecule has 0 saturated carbocycles. The van der Waals surface area contributed by atoms with Gasteiger partial charge in [0.1, 0.15) is 4.90 Å². The second-order valence-electron chi connectivity index (χ2n) is 3.95. The Balaban J connectivity index is 2.37. The summed E-state index contributed by atoms with van der Waals surface area (Å²) < 4.78 is 27.7. The molecule has 0 bridgehead atoms. The summed E-state index contributed by atoms with van der Waals surface area (Å²) in [4.78, 5) is 0.545. The first-order chi connectivity index (χ1) is 8.94. The number of sulfonamides is 1. The number of anilines is 1. The van der Waals surface area contributed by atoms with Gasteiger partial charge in [0.25, 0.3) is 10.0 Å². The molecule has 0 aliphatic heterocycles. The van der Waals surface area contributed by atoms with E-state index in [2.05, 4.69) is 20.7 Å². The normalized spacial score (nSPS) is 11.5. The minimum Gasteiger partial charge on any atom is -0.391 e. The molecule has 2 aromatic rings. The zero-order valence-corrected chi connectivity index (χ0v) is 13.3. The molecule has 0 atom stereocenters. The van der Waals surface area contributed by atoms with Gasteiger partial charge in [-0.1, -0.05) is 6.07 Å². The van der Waals surface area contributed by atoms with E-state index in [4.69, 9.17) is 5.11 Å². The Morgan fingerprint density at radius 3 is 2.74 bits per heavy atom. The summed E-state index contributed by atoms with van der Waals surface area (Å²) in [5.41, 5.74) is 1.50. The third kappa shape index (κ3) is 3.17. The molecule has 1 aromatic carbocycles. The summed E-state index contributed by atoms with van der Waals surface area (Å²) in [6, 6.07) is 6.84. The van der Waals surface area contributed by atoms with Crippen molar-refractivity contribution >= 4 is 43.0 Å². The highest BCUT2D eigenvalue weighted by molar-refractivity contribution is 9.10. The number of hydrogen-bond acceptors (Lipinski definition) is 4. The third-order valence-corrected chi connectivity index (χ3v) is 5.65. The Hall–Kier alpha value is -0.890. The average molecular weight is 362 g/mol. The molecule has 0 saturated heterocycles. The largest absolute Gasteiger partial charge is 0.391 e. The molecule has 0 radical (unpaired) electrons. The Labute approximate surface area is 124 Å². The number of thiophene rings is 1. The van der Waals surface area contributed by atoms with Gasteiger partial charge in [0.05, 0.1) is 17.2 Å². The zero-order valence-electron chi connectivity index (χ0n) is 10.1. The lowest BCUT2D eigenvalue weighted by molar-refractivity contribution is 0.282. The van der Waals surface area contributed by atoms with Crippen LogP contribution in [0.4, 0.5) is 5.69 Å². The fourth-order valence-corrected chi connectivity index (χ4v) is 4.69. The number of aliphatic hydroxyl groups excluding tert-OH is 1. The fraction of sp³-hybridized carbons (Fsp3) is 0.167. The second-order valence-corrected chi connectivity index (χ2v) is 7.46. The topological polar surface area (TPSA) is 66.4 Å². The molecule has 7 heteroatoms. The van der Waals surface area contributed by atoms with Crippen molar-refractivity contribution in [2.75, 3.05) is 4.72 Å². The van der Waals surface area contributed by atoms with Crippen LogP contribution in [0.5, 0.6) is 0 Å². The molecule has 0 aliphatic rings. The predicted octanol–water partition coefficient (Wildman–Crippen LogP) is 3.11. The molecular formula is C12H12BrNO3S2. The van der Waals surface area contributed by atoms with E-state index < -0.39 is 10.0 Å². The molecule has 0 spiro atoms. The van der Waals surface area contributed by atoms with E-state index in [0.29, 0.717) is 15.0 Å². The molecule has 2 rings (SSSR count). The first-order valence-corrected chi connectivity index (χ1v) is 8.56. The van der Waals surface area contributed by atoms with Crippen LogP contribution in [-0.4, -0.2) is 13.5 Å². The van der Waals surface area contributed by atoms with Gasteiger partial charge < -0.3 is 5.11 Å². The summed E-state index contributed by atoms with van der Waals surface area (Å²) in [6.45, 7) is 1.63. The minimum atomic E-state index is -3.68. The predicted molar refractivity (Wildman–Crippen MR) is 79.9 cm³/mol. The van der Waals surface area contributed by atoms with Gasteiger partial charge >= 0.3 is 0 Å². The maximum Gasteiger partial charge on any atom is 0.263 e. The van der Waals surface area contributed by atoms with Crippen molar-refractivity contribution in [2.45, 2.75) is 18.4 Å². The van der Waals surface area contributed by atoms with Crippen LogP contribution in [0.2, 0.25) is 0 Å². The fourth-order valence-electron chi connectivity index (χ4n) is 1.59. The van der Waals surface area contributed by atoms with Crippen molar-refractivity contribution in [1.29, 1.82) is 0 Å². The molecule has 1 aromatic heterocycles. The van der Waals surface area contributed by atoms with Gasteiger partial charge in [-0.3, -0.25) is 4.72 Å². The first-order valence-electron chi connectivity index (χ1n) is 5.40. The smallest absolute Gasteiger partial charge is 0.263 e. The number of rotatable bonds is 4. The minimum absolute atomic E-state index is 0.118. The van der Waals surface area contributed by atoms with E-state index in [1.165, 1.54) is 17.4 Å². The Kier molecular flexibility index (Phi) is 4.29. The number of benzene rings is 1. The molecule has 2 N–H and O–H groups in total. The molecule has 4 nitrogen and oxygen atoms in total. The Bertz CT molecular complexity index is 695. The molecule has 0 amide bonds. The lowest BCUT2D eigenvalue weighted by Crippen LogP contribution is -2.14. The van der Waals surface area contributed by atoms with Crippen LogP contribution in [0, 0.1) is 6.92 Å². The molecule has 1 heterocycles. The summed E-state index contributed by atoms with van der Waals surface area (Å²) in [6.07, 6.45) is 0. The number of aryl methyl sites for hydroxylation is 1. The lowest BCUT2D eigenvalue weighted by Gasteiger charge is -2.10. The maximum absolute atomic E-state index is 12.2. The van der Waals surface area contributed by atoms with Gasteiger partial charge in [0.2, 0.25) is 0 Å². The van der Waals surface area contributed by atoms with Crippen molar-refractivity contribution in [2.24, 2.45) is 0 Å². The number of hydrogen-bond donors (Lipinski definition) is 2. The molecule has 0 aliphatic carbocycles. The van der Waals surface area contributed by atoms with E-state index >= 15 is 0 Å². The lowest BCUT2D eigenvalue weighted by atomic mass is 10.2. The number of aliphatic hydroxyl groups is 1. The van der Waals surface area contributed by atoms with Crippen LogP contribution in [0.15, 0.2) is 39.0 Å². The molecule has 0 unspecified atom stereocenters. The molecule has 102 valence electrons. The molecule has 19 heavy (non-hydrogen) atoms. The van der Waals surface area contributed by atoms with Gasteiger partial charge in [-0.25, -0.2) is 8.42 Å². The highest BCUT2D eigenvalue weighted by Gasteiger charge is 2.20. The van der Waals surface area contributed by atoms with Crippen molar-refractivity contribution in [1.82, 2.24) is 0 Å². The third-order valence-electron chi connectivity index (χ3n) is 2.51. The van der Waals surface area contributed by atoms with Gasteiger partial charge in [-0.2, -0.15) is 0 Å². The van der Waals surface area contributed by atoms with Crippen LogP contribution >= 0.6 is 27.3 Å². The van der Waals surface area contributed by atoms with Crippen LogP contribution in [0.25, 0.3) is 0 Å². The summed E-state index contributed by atoms with van der Waals surface area (Å²) in [5, 5.41) is 10.8. The van der Waals surface area contributed by atoms with Gasteiger partial charge in [-0.15, -0.1) is 11.3 Å². The van der Waals surface area contributed by atoms with E-state index in [1.807, 2.05) is 19.1 Å². The quantitative estimate of drug-likeness (QED) is 0.878. The van der Waals surface area contributed by atoms with Gasteiger partial charge in [0, 0.05) is 4.47 Å². The van der Waals surface area contributed by atoms with Crippen LogP contribution in [0.3, 0.4) is 0 Å². The van der Waals surface area contributed by atoms with Crippen LogP contribution < -0.4 is 4.72 Å². The zero-order chi connectivity index (χ0) is 14.0. The van der Waals surface area contributed by atoms with Crippen molar-refractivity contribution in [3.05, 3.63) is 44.6 Å². The highest BCUT2D eigenvalue weighted by Crippen LogP contribution is 2.28. The maximum atomic E-state index is 12.2. The standard InChI is InChI=1S/C12H12BrNO3S2/c1-8-2-3-10(9(13)6-8)14-19(16,17)12-4-5-18-11(12)7-15/h2-6,14-15H,7H2,1H3. The summed E-state index contributed by atoms with van der Waals surface area (Å²) in [5.74, 6) is 0. The number of halogens is 1. The Morgan fingerprint density at radius 2 is 2.11 bits per heavy atom. The van der Waals surface area contributed by atoms with E-state index in [9.17, 15) is 8.42 Å². The van der Waals surface area contributed by atoms with Crippen molar-refractivity contribution < 1.29 is 13.5 Å². The molecular weight excluding hydrogens is 350 g/mol. The van der Waals surface area contributed by atoms with E-state index in [1.54, 1.807) is 11.4 Å². The van der Waals surface area contributed by atoms with Crippen LogP contribution in [0.1, 0.15) is 10.4 Å². The summed E-state index contributed by atoms with van der Waals surface area (Å²) in [7, 11) is -3.68. The average Bonchev–Trinajstić information content (AvgIpc) is 2.82. The van der Waals surface area contributed by atoms with E-state index in [0.717, 1.165) is 5.56 Å². The highest BCUT2D eigenvalue weighted by atomic mass is 79.9. The second kappa shape index (κ2) is 5.62. The first kappa shape index (κ1) is 14.5. The van der Waals surface area contributed by atoms with Gasteiger partial charge in [-0.05, 0) is 52.0 Å². The molecule has 0 fully saturated rings. The van der Waals surface area contributed by atoms with Gasteiger partial charge in [0.15, 0.2) is 0 Å². The monoisotopic (exact) mass is 361 g/mol.